The van der Waals surface area contributed by atoms with E-state index in [1.165, 1.54) is 18.2 Å². The molecule has 6 nitrogen and oxygen atoms in total. The van der Waals surface area contributed by atoms with Crippen LogP contribution in [0, 0.1) is 11.6 Å². The Labute approximate surface area is 198 Å². The van der Waals surface area contributed by atoms with Crippen LogP contribution in [-0.2, 0) is 6.54 Å². The summed E-state index contributed by atoms with van der Waals surface area (Å²) in [6.45, 7) is 1.85. The van der Waals surface area contributed by atoms with E-state index in [1.54, 1.807) is 47.5 Å². The third-order valence-electron chi connectivity index (χ3n) is 5.91. The second kappa shape index (κ2) is 10.6. The number of likely N-dealkylation sites (N-methyl/N-ethyl adjacent to an activating group) is 1. The number of nitrogens with one attached hydrogen (secondary N) is 1. The fourth-order valence-electron chi connectivity index (χ4n) is 4.04. The number of carbonyl (C=O) groups excluding carboxylic acids is 1. The predicted octanol–water partition coefficient (Wildman–Crippen LogP) is 4.18. The molecule has 34 heavy (non-hydrogen) atoms. The molecule has 8 heteroatoms. The van der Waals surface area contributed by atoms with E-state index in [0.29, 0.717) is 54.3 Å². The van der Waals surface area contributed by atoms with E-state index < -0.39 is 11.9 Å². The Hall–Kier alpha value is -3.52. The van der Waals surface area contributed by atoms with Crippen LogP contribution in [0.4, 0.5) is 14.6 Å². The van der Waals surface area contributed by atoms with Gasteiger partial charge in [0.25, 0.3) is 5.91 Å². The molecule has 1 aromatic heterocycles. The largest absolute Gasteiger partial charge is 0.486 e. The van der Waals surface area contributed by atoms with Crippen molar-refractivity contribution in [3.63, 3.8) is 0 Å². The van der Waals surface area contributed by atoms with E-state index in [1.807, 2.05) is 19.0 Å². The molecular weight excluding hydrogens is 438 g/mol. The Morgan fingerprint density at radius 3 is 2.74 bits per heavy atom. The molecular formula is C26H28F2N4O2. The molecule has 2 aromatic carbocycles. The molecule has 1 N–H and O–H groups in total. The number of hydrogen-bond donors (Lipinski definition) is 1. The Balaban J connectivity index is 1.51. The van der Waals surface area contributed by atoms with Crippen molar-refractivity contribution in [2.45, 2.75) is 19.1 Å². The lowest BCUT2D eigenvalue weighted by molar-refractivity contribution is 0.0753. The van der Waals surface area contributed by atoms with Crippen molar-refractivity contribution in [3.8, 4) is 5.75 Å². The highest BCUT2D eigenvalue weighted by molar-refractivity contribution is 5.99. The Morgan fingerprint density at radius 1 is 1.12 bits per heavy atom. The van der Waals surface area contributed by atoms with Crippen molar-refractivity contribution < 1.29 is 18.3 Å². The van der Waals surface area contributed by atoms with Gasteiger partial charge in [0.15, 0.2) is 0 Å². The summed E-state index contributed by atoms with van der Waals surface area (Å²) in [6, 6.07) is 14.4. The molecule has 2 heterocycles. The summed E-state index contributed by atoms with van der Waals surface area (Å²) in [5, 5.41) is 3.06. The number of halogens is 2. The van der Waals surface area contributed by atoms with Crippen molar-refractivity contribution in [3.05, 3.63) is 89.1 Å². The first-order valence-corrected chi connectivity index (χ1v) is 11.3. The summed E-state index contributed by atoms with van der Waals surface area (Å²) in [7, 11) is 3.71. The average Bonchev–Trinajstić information content (AvgIpc) is 2.95. The van der Waals surface area contributed by atoms with Crippen LogP contribution in [0.15, 0.2) is 60.8 Å². The second-order valence-electron chi connectivity index (χ2n) is 8.33. The SMILES string of the molecule is CNCC[C@H](Oc1ccc(CN2CCN(C)c3ncccc3C2=O)c(F)c1)c1cccc(F)c1. The van der Waals surface area contributed by atoms with Crippen LogP contribution in [0.2, 0.25) is 0 Å². The van der Waals surface area contributed by atoms with Gasteiger partial charge < -0.3 is 19.9 Å². The van der Waals surface area contributed by atoms with Gasteiger partial charge in [0, 0.05) is 50.9 Å². The van der Waals surface area contributed by atoms with Gasteiger partial charge in [-0.2, -0.15) is 0 Å². The van der Waals surface area contributed by atoms with Gasteiger partial charge in [0.2, 0.25) is 0 Å². The highest BCUT2D eigenvalue weighted by atomic mass is 19.1. The summed E-state index contributed by atoms with van der Waals surface area (Å²) in [5.74, 6) is 0.000202. The van der Waals surface area contributed by atoms with Crippen LogP contribution in [-0.4, -0.2) is 49.5 Å². The lowest BCUT2D eigenvalue weighted by Gasteiger charge is -2.22. The van der Waals surface area contributed by atoms with Gasteiger partial charge in [-0.1, -0.05) is 18.2 Å². The van der Waals surface area contributed by atoms with Crippen LogP contribution in [0.1, 0.15) is 34.0 Å². The zero-order valence-corrected chi connectivity index (χ0v) is 19.3. The number of anilines is 1. The van der Waals surface area contributed by atoms with Crippen LogP contribution >= 0.6 is 0 Å². The van der Waals surface area contributed by atoms with Gasteiger partial charge >= 0.3 is 0 Å². The molecule has 0 bridgehead atoms. The number of rotatable bonds is 8. The third-order valence-corrected chi connectivity index (χ3v) is 5.91. The highest BCUT2D eigenvalue weighted by Gasteiger charge is 2.26. The third kappa shape index (κ3) is 5.34. The number of aromatic nitrogens is 1. The zero-order valence-electron chi connectivity index (χ0n) is 19.3. The minimum atomic E-state index is -0.457. The lowest BCUT2D eigenvalue weighted by Crippen LogP contribution is -2.33. The molecule has 0 aliphatic carbocycles. The first kappa shape index (κ1) is 23.6. The van der Waals surface area contributed by atoms with Gasteiger partial charge in [0.1, 0.15) is 29.3 Å². The molecule has 0 saturated heterocycles. The van der Waals surface area contributed by atoms with Crippen molar-refractivity contribution in [2.24, 2.45) is 0 Å². The fraction of sp³-hybridized carbons (Fsp3) is 0.308. The van der Waals surface area contributed by atoms with E-state index in [9.17, 15) is 9.18 Å². The second-order valence-corrected chi connectivity index (χ2v) is 8.33. The number of pyridine rings is 1. The van der Waals surface area contributed by atoms with Crippen LogP contribution in [0.3, 0.4) is 0 Å². The molecule has 3 aromatic rings. The monoisotopic (exact) mass is 466 g/mol. The molecule has 4 rings (SSSR count). The van der Waals surface area contributed by atoms with E-state index in [0.717, 1.165) is 0 Å². The van der Waals surface area contributed by atoms with Crippen molar-refractivity contribution >= 4 is 11.7 Å². The molecule has 0 fully saturated rings. The molecule has 1 atom stereocenters. The maximum absolute atomic E-state index is 15.1. The number of carbonyl (C=O) groups is 1. The molecule has 0 unspecified atom stereocenters. The molecule has 178 valence electrons. The quantitative estimate of drug-likeness (QED) is 0.540. The van der Waals surface area contributed by atoms with Gasteiger partial charge in [-0.3, -0.25) is 4.79 Å². The summed E-state index contributed by atoms with van der Waals surface area (Å²) in [5.41, 5.74) is 1.59. The minimum absolute atomic E-state index is 0.139. The standard InChI is InChI=1S/C26H28F2N4O2/c1-29-12-10-24(18-5-3-6-20(27)15-18)34-21-9-8-19(23(28)16-21)17-32-14-13-31(2)25-22(26(32)33)7-4-11-30-25/h3-9,11,15-16,24,29H,10,12-14,17H2,1-2H3/t24-/m0/s1. The summed E-state index contributed by atoms with van der Waals surface area (Å²) >= 11 is 0. The van der Waals surface area contributed by atoms with Crippen molar-refractivity contribution in [1.82, 2.24) is 15.2 Å². The fourth-order valence-corrected chi connectivity index (χ4v) is 4.04. The summed E-state index contributed by atoms with van der Waals surface area (Å²) in [6.07, 6.45) is 1.82. The molecule has 1 aliphatic rings. The first-order valence-electron chi connectivity index (χ1n) is 11.3. The van der Waals surface area contributed by atoms with E-state index >= 15 is 4.39 Å². The molecule has 0 spiro atoms. The average molecular weight is 467 g/mol. The van der Waals surface area contributed by atoms with Gasteiger partial charge in [-0.15, -0.1) is 0 Å². The topological polar surface area (TPSA) is 57.7 Å². The smallest absolute Gasteiger partial charge is 0.257 e. The molecule has 1 aliphatic heterocycles. The minimum Gasteiger partial charge on any atom is -0.486 e. The predicted molar refractivity (Wildman–Crippen MR) is 127 cm³/mol. The lowest BCUT2D eigenvalue weighted by atomic mass is 10.1. The van der Waals surface area contributed by atoms with E-state index in [4.69, 9.17) is 4.74 Å². The summed E-state index contributed by atoms with van der Waals surface area (Å²) in [4.78, 5) is 21.0. The Kier molecular flexibility index (Phi) is 7.37. The van der Waals surface area contributed by atoms with Crippen molar-refractivity contribution in [1.29, 1.82) is 0 Å². The van der Waals surface area contributed by atoms with Crippen molar-refractivity contribution in [2.75, 3.05) is 38.6 Å². The number of benzene rings is 2. The summed E-state index contributed by atoms with van der Waals surface area (Å²) < 4.78 is 34.8. The molecule has 0 radical (unpaired) electrons. The maximum atomic E-state index is 15.1. The van der Waals surface area contributed by atoms with E-state index in [-0.39, 0.29) is 18.3 Å². The number of ether oxygens (including phenoxy) is 1. The number of hydrogen-bond acceptors (Lipinski definition) is 5. The first-order chi connectivity index (χ1) is 16.5. The Morgan fingerprint density at radius 2 is 1.97 bits per heavy atom. The Bertz CT molecular complexity index is 1160. The normalized spacial score (nSPS) is 14.5. The van der Waals surface area contributed by atoms with Crippen LogP contribution < -0.4 is 15.0 Å². The van der Waals surface area contributed by atoms with Crippen LogP contribution in [0.5, 0.6) is 5.75 Å². The van der Waals surface area contributed by atoms with Gasteiger partial charge in [0.05, 0.1) is 5.56 Å². The molecule has 1 amide bonds. The maximum Gasteiger partial charge on any atom is 0.257 e. The molecule has 0 saturated carbocycles. The van der Waals surface area contributed by atoms with Crippen LogP contribution in [0.25, 0.3) is 0 Å². The number of nitrogens with zero attached hydrogens (tertiary/aromatic N) is 3. The van der Waals surface area contributed by atoms with E-state index in [2.05, 4.69) is 10.3 Å². The number of amides is 1. The zero-order chi connectivity index (χ0) is 24.1. The number of fused-ring (bicyclic) bond motifs is 1. The van der Waals surface area contributed by atoms with Gasteiger partial charge in [-0.25, -0.2) is 13.8 Å². The highest BCUT2D eigenvalue weighted by Crippen LogP contribution is 2.28. The van der Waals surface area contributed by atoms with Gasteiger partial charge in [-0.05, 0) is 49.5 Å².